The van der Waals surface area contributed by atoms with Gasteiger partial charge in [-0.15, -0.1) is 0 Å². The first-order valence-electron chi connectivity index (χ1n) is 8.70. The number of rotatable bonds is 5. The minimum Gasteiger partial charge on any atom is -0.351 e. The SMILES string of the molecule is O=C(NCc1ccc(S(=O)(=O)c2cccc(C(F)(F)F)c2)cc1)C1CCCN1. The van der Waals surface area contributed by atoms with E-state index in [0.29, 0.717) is 11.6 Å². The van der Waals surface area contributed by atoms with E-state index in [4.69, 9.17) is 0 Å². The largest absolute Gasteiger partial charge is 0.416 e. The molecular weight excluding hydrogens is 393 g/mol. The molecule has 1 atom stereocenters. The van der Waals surface area contributed by atoms with Crippen molar-refractivity contribution < 1.29 is 26.4 Å². The molecule has 2 aromatic carbocycles. The van der Waals surface area contributed by atoms with E-state index in [0.717, 1.165) is 37.6 Å². The van der Waals surface area contributed by atoms with Gasteiger partial charge in [0.15, 0.2) is 0 Å². The van der Waals surface area contributed by atoms with Gasteiger partial charge in [-0.2, -0.15) is 13.2 Å². The number of halogens is 3. The molecule has 0 aliphatic carbocycles. The van der Waals surface area contributed by atoms with Crippen LogP contribution in [0.15, 0.2) is 58.3 Å². The number of hydrogen-bond donors (Lipinski definition) is 2. The summed E-state index contributed by atoms with van der Waals surface area (Å²) in [7, 11) is -4.08. The van der Waals surface area contributed by atoms with Crippen LogP contribution in [0.25, 0.3) is 0 Å². The Morgan fingerprint density at radius 1 is 1.11 bits per heavy atom. The first kappa shape index (κ1) is 20.3. The molecule has 1 aliphatic heterocycles. The molecular formula is C19H19F3N2O3S. The molecule has 1 heterocycles. The highest BCUT2D eigenvalue weighted by atomic mass is 32.2. The summed E-state index contributed by atoms with van der Waals surface area (Å²) in [6.07, 6.45) is -2.90. The molecule has 0 bridgehead atoms. The average molecular weight is 412 g/mol. The lowest BCUT2D eigenvalue weighted by atomic mass is 10.2. The van der Waals surface area contributed by atoms with Gasteiger partial charge >= 0.3 is 6.18 Å². The third-order valence-electron chi connectivity index (χ3n) is 4.55. The van der Waals surface area contributed by atoms with Crippen LogP contribution >= 0.6 is 0 Å². The van der Waals surface area contributed by atoms with Crippen molar-refractivity contribution in [3.63, 3.8) is 0 Å². The van der Waals surface area contributed by atoms with Crippen molar-refractivity contribution in [1.29, 1.82) is 0 Å². The maximum Gasteiger partial charge on any atom is 0.416 e. The van der Waals surface area contributed by atoms with Crippen LogP contribution in [0.3, 0.4) is 0 Å². The Labute approximate surface area is 160 Å². The molecule has 1 amide bonds. The monoisotopic (exact) mass is 412 g/mol. The van der Waals surface area contributed by atoms with Gasteiger partial charge in [0.25, 0.3) is 0 Å². The summed E-state index contributed by atoms with van der Waals surface area (Å²) in [6.45, 7) is 1.04. The smallest absolute Gasteiger partial charge is 0.351 e. The van der Waals surface area contributed by atoms with Crippen LogP contribution < -0.4 is 10.6 Å². The lowest BCUT2D eigenvalue weighted by Gasteiger charge is -2.12. The van der Waals surface area contributed by atoms with E-state index in [-0.39, 0.29) is 23.4 Å². The maximum atomic E-state index is 12.8. The zero-order valence-electron chi connectivity index (χ0n) is 14.8. The Morgan fingerprint density at radius 3 is 2.43 bits per heavy atom. The van der Waals surface area contributed by atoms with Gasteiger partial charge in [0.2, 0.25) is 15.7 Å². The Balaban J connectivity index is 1.72. The first-order chi connectivity index (χ1) is 13.2. The fraction of sp³-hybridized carbons (Fsp3) is 0.316. The summed E-state index contributed by atoms with van der Waals surface area (Å²) in [5.41, 5.74) is -0.331. The maximum absolute atomic E-state index is 12.8. The van der Waals surface area contributed by atoms with Crippen molar-refractivity contribution in [3.05, 3.63) is 59.7 Å². The molecule has 28 heavy (non-hydrogen) atoms. The number of hydrogen-bond acceptors (Lipinski definition) is 4. The molecule has 0 saturated carbocycles. The van der Waals surface area contributed by atoms with Gasteiger partial charge in [-0.05, 0) is 55.3 Å². The molecule has 150 valence electrons. The highest BCUT2D eigenvalue weighted by Gasteiger charge is 2.32. The van der Waals surface area contributed by atoms with Crippen molar-refractivity contribution in [3.8, 4) is 0 Å². The predicted octanol–water partition coefficient (Wildman–Crippen LogP) is 2.91. The Kier molecular flexibility index (Phi) is 5.76. The van der Waals surface area contributed by atoms with Crippen molar-refractivity contribution in [2.24, 2.45) is 0 Å². The Bertz CT molecular complexity index is 951. The summed E-state index contributed by atoms with van der Waals surface area (Å²) in [5, 5.41) is 5.86. The third-order valence-corrected chi connectivity index (χ3v) is 6.32. The average Bonchev–Trinajstić information content (AvgIpc) is 3.21. The first-order valence-corrected chi connectivity index (χ1v) is 10.2. The number of benzene rings is 2. The molecule has 9 heteroatoms. The van der Waals surface area contributed by atoms with E-state index >= 15 is 0 Å². The van der Waals surface area contributed by atoms with Gasteiger partial charge in [-0.3, -0.25) is 4.79 Å². The van der Waals surface area contributed by atoms with Gasteiger partial charge in [-0.1, -0.05) is 18.2 Å². The predicted molar refractivity (Wildman–Crippen MR) is 96.2 cm³/mol. The summed E-state index contributed by atoms with van der Waals surface area (Å²) in [6, 6.07) is 9.15. The van der Waals surface area contributed by atoms with E-state index in [1.165, 1.54) is 24.3 Å². The highest BCUT2D eigenvalue weighted by molar-refractivity contribution is 7.91. The molecule has 0 spiro atoms. The number of alkyl halides is 3. The fourth-order valence-corrected chi connectivity index (χ4v) is 4.29. The van der Waals surface area contributed by atoms with Gasteiger partial charge in [0.1, 0.15) is 0 Å². The summed E-state index contributed by atoms with van der Waals surface area (Å²) >= 11 is 0. The zero-order chi connectivity index (χ0) is 20.4. The van der Waals surface area contributed by atoms with E-state index in [1.54, 1.807) is 0 Å². The second-order valence-electron chi connectivity index (χ2n) is 6.54. The summed E-state index contributed by atoms with van der Waals surface area (Å²) in [4.78, 5) is 11.4. The van der Waals surface area contributed by atoms with Crippen LogP contribution in [0, 0.1) is 0 Å². The molecule has 5 nitrogen and oxygen atoms in total. The van der Waals surface area contributed by atoms with E-state index in [2.05, 4.69) is 10.6 Å². The second-order valence-corrected chi connectivity index (χ2v) is 8.49. The van der Waals surface area contributed by atoms with E-state index in [1.807, 2.05) is 0 Å². The Morgan fingerprint density at radius 2 is 1.82 bits per heavy atom. The second kappa shape index (κ2) is 7.92. The van der Waals surface area contributed by atoms with Gasteiger partial charge < -0.3 is 10.6 Å². The van der Waals surface area contributed by atoms with Gasteiger partial charge in [-0.25, -0.2) is 8.42 Å². The molecule has 0 aromatic heterocycles. The van der Waals surface area contributed by atoms with Crippen molar-refractivity contribution in [1.82, 2.24) is 10.6 Å². The molecule has 1 fully saturated rings. The van der Waals surface area contributed by atoms with Crippen molar-refractivity contribution in [2.75, 3.05) is 6.54 Å². The van der Waals surface area contributed by atoms with Crippen LogP contribution in [-0.2, 0) is 27.4 Å². The quantitative estimate of drug-likeness (QED) is 0.792. The summed E-state index contributed by atoms with van der Waals surface area (Å²) in [5.74, 6) is -0.113. The van der Waals surface area contributed by atoms with Crippen LogP contribution in [0.1, 0.15) is 24.0 Å². The van der Waals surface area contributed by atoms with Crippen LogP contribution in [-0.4, -0.2) is 26.9 Å². The number of sulfone groups is 1. The van der Waals surface area contributed by atoms with E-state index in [9.17, 15) is 26.4 Å². The topological polar surface area (TPSA) is 75.3 Å². The molecule has 0 radical (unpaired) electrons. The molecule has 3 rings (SSSR count). The Hall–Kier alpha value is -2.39. The molecule has 1 unspecified atom stereocenters. The minimum atomic E-state index is -4.62. The normalized spacial score (nSPS) is 17.5. The minimum absolute atomic E-state index is 0.112. The zero-order valence-corrected chi connectivity index (χ0v) is 15.6. The molecule has 1 aliphatic rings. The van der Waals surface area contributed by atoms with Gasteiger partial charge in [0.05, 0.1) is 21.4 Å². The van der Waals surface area contributed by atoms with Crippen LogP contribution in [0.5, 0.6) is 0 Å². The number of carbonyl (C=O) groups is 1. The number of amides is 1. The number of nitrogens with one attached hydrogen (secondary N) is 2. The molecule has 1 saturated heterocycles. The van der Waals surface area contributed by atoms with E-state index < -0.39 is 26.5 Å². The number of carbonyl (C=O) groups excluding carboxylic acids is 1. The standard InChI is InChI=1S/C19H19F3N2O3S/c20-19(21,22)14-3-1-4-16(11-14)28(26,27)15-8-6-13(7-9-15)12-24-18(25)17-5-2-10-23-17/h1,3-4,6-9,11,17,23H,2,5,10,12H2,(H,24,25). The molecule has 2 aromatic rings. The molecule has 2 N–H and O–H groups in total. The highest BCUT2D eigenvalue weighted by Crippen LogP contribution is 2.32. The fourth-order valence-electron chi connectivity index (χ4n) is 2.98. The lowest BCUT2D eigenvalue weighted by molar-refractivity contribution is -0.137. The van der Waals surface area contributed by atoms with Crippen LogP contribution in [0.4, 0.5) is 13.2 Å². The van der Waals surface area contributed by atoms with Crippen LogP contribution in [0.2, 0.25) is 0 Å². The lowest BCUT2D eigenvalue weighted by Crippen LogP contribution is -2.39. The third kappa shape index (κ3) is 4.53. The van der Waals surface area contributed by atoms with Gasteiger partial charge in [0, 0.05) is 6.54 Å². The van der Waals surface area contributed by atoms with Crippen molar-refractivity contribution in [2.45, 2.75) is 41.4 Å². The summed E-state index contributed by atoms with van der Waals surface area (Å²) < 4.78 is 63.8. The van der Waals surface area contributed by atoms with Crippen molar-refractivity contribution >= 4 is 15.7 Å².